The van der Waals surface area contributed by atoms with Crippen LogP contribution in [-0.2, 0) is 4.79 Å². The normalized spacial score (nSPS) is 13.3. The predicted octanol–water partition coefficient (Wildman–Crippen LogP) is 4.65. The molecule has 6 heteroatoms. The molecule has 0 saturated carbocycles. The molecule has 1 fully saturated rings. The molecule has 0 aromatic heterocycles. The number of aromatic carboxylic acids is 1. The molecule has 162 valence electrons. The van der Waals surface area contributed by atoms with Gasteiger partial charge in [0.2, 0.25) is 0 Å². The third-order valence-electron chi connectivity index (χ3n) is 4.73. The maximum Gasteiger partial charge on any atom is 0.335 e. The highest BCUT2D eigenvalue weighted by molar-refractivity contribution is 5.94. The lowest BCUT2D eigenvalue weighted by atomic mass is 9.96. The molecule has 2 aromatic carbocycles. The van der Waals surface area contributed by atoms with Crippen molar-refractivity contribution >= 4 is 17.8 Å². The van der Waals surface area contributed by atoms with E-state index < -0.39 is 11.9 Å². The number of carbonyl (C=O) groups excluding carboxylic acids is 1. The summed E-state index contributed by atoms with van der Waals surface area (Å²) in [5, 5.41) is 17.4. The fourth-order valence-corrected chi connectivity index (χ4v) is 2.90. The molecule has 3 rings (SSSR count). The monoisotopic (exact) mass is 413 g/mol. The second-order valence-corrected chi connectivity index (χ2v) is 6.94. The van der Waals surface area contributed by atoms with Gasteiger partial charge >= 0.3 is 11.9 Å². The number of likely N-dealkylation sites (tertiary alicyclic amines) is 1. The van der Waals surface area contributed by atoms with Crippen LogP contribution in [0.2, 0.25) is 0 Å². The van der Waals surface area contributed by atoms with E-state index in [9.17, 15) is 14.4 Å². The van der Waals surface area contributed by atoms with Gasteiger partial charge in [-0.3, -0.25) is 9.59 Å². The molecule has 0 atom stereocenters. The second kappa shape index (κ2) is 12.4. The van der Waals surface area contributed by atoms with Gasteiger partial charge < -0.3 is 15.1 Å². The lowest BCUT2D eigenvalue weighted by Crippen LogP contribution is -2.40. The maximum atomic E-state index is 12.2. The summed E-state index contributed by atoms with van der Waals surface area (Å²) in [6.45, 7) is 8.96. The van der Waals surface area contributed by atoms with Crippen molar-refractivity contribution in [3.63, 3.8) is 0 Å². The molecule has 0 unspecified atom stereocenters. The molecule has 1 amide bonds. The summed E-state index contributed by atoms with van der Waals surface area (Å²) >= 11 is 0. The SMILES string of the molecule is CC.Cc1ccc(C(=O)N2CCC(C(=O)O)CC2)cc1.Cc1ccc(C(=O)O)cc1. The third kappa shape index (κ3) is 7.70. The number of piperidine rings is 1. The smallest absolute Gasteiger partial charge is 0.335 e. The van der Waals surface area contributed by atoms with E-state index in [2.05, 4.69) is 0 Å². The molecule has 1 saturated heterocycles. The number of carboxylic acids is 2. The van der Waals surface area contributed by atoms with Crippen molar-refractivity contribution in [2.45, 2.75) is 40.5 Å². The van der Waals surface area contributed by atoms with Crippen molar-refractivity contribution in [3.8, 4) is 0 Å². The van der Waals surface area contributed by atoms with E-state index in [-0.39, 0.29) is 11.8 Å². The minimum absolute atomic E-state index is 0.00108. The van der Waals surface area contributed by atoms with Gasteiger partial charge in [0.15, 0.2) is 0 Å². The highest BCUT2D eigenvalue weighted by atomic mass is 16.4. The molecule has 30 heavy (non-hydrogen) atoms. The van der Waals surface area contributed by atoms with Gasteiger partial charge in [0, 0.05) is 18.7 Å². The van der Waals surface area contributed by atoms with Crippen LogP contribution in [-0.4, -0.2) is 46.0 Å². The predicted molar refractivity (Wildman–Crippen MR) is 117 cm³/mol. The number of aryl methyl sites for hydroxylation is 2. The van der Waals surface area contributed by atoms with Crippen LogP contribution in [0.3, 0.4) is 0 Å². The number of aliphatic carboxylic acids is 1. The fraction of sp³-hybridized carbons (Fsp3) is 0.375. The molecular formula is C24H31NO5. The zero-order valence-corrected chi connectivity index (χ0v) is 18.1. The van der Waals surface area contributed by atoms with E-state index in [1.165, 1.54) is 0 Å². The third-order valence-corrected chi connectivity index (χ3v) is 4.73. The molecule has 0 aliphatic carbocycles. The Morgan fingerprint density at radius 1 is 0.767 bits per heavy atom. The van der Waals surface area contributed by atoms with Crippen LogP contribution in [0.25, 0.3) is 0 Å². The summed E-state index contributed by atoms with van der Waals surface area (Å²) < 4.78 is 0. The van der Waals surface area contributed by atoms with Crippen LogP contribution < -0.4 is 0 Å². The zero-order chi connectivity index (χ0) is 22.7. The lowest BCUT2D eigenvalue weighted by Gasteiger charge is -2.30. The Bertz CT molecular complexity index is 820. The average molecular weight is 414 g/mol. The maximum absolute atomic E-state index is 12.2. The van der Waals surface area contributed by atoms with Gasteiger partial charge in [0.25, 0.3) is 5.91 Å². The molecule has 0 spiro atoms. The first kappa shape index (κ1) is 24.9. The van der Waals surface area contributed by atoms with Crippen LogP contribution in [0.1, 0.15) is 58.5 Å². The fourth-order valence-electron chi connectivity index (χ4n) is 2.90. The molecular weight excluding hydrogens is 382 g/mol. The highest BCUT2D eigenvalue weighted by Gasteiger charge is 2.27. The summed E-state index contributed by atoms with van der Waals surface area (Å²) in [5.41, 5.74) is 3.21. The number of rotatable bonds is 3. The van der Waals surface area contributed by atoms with Gasteiger partial charge in [-0.05, 0) is 51.0 Å². The van der Waals surface area contributed by atoms with Crippen molar-refractivity contribution in [2.75, 3.05) is 13.1 Å². The summed E-state index contributed by atoms with van der Waals surface area (Å²) in [6.07, 6.45) is 1.10. The molecule has 1 aliphatic heterocycles. The first-order valence-corrected chi connectivity index (χ1v) is 10.2. The second-order valence-electron chi connectivity index (χ2n) is 6.94. The van der Waals surface area contributed by atoms with Crippen LogP contribution in [0.5, 0.6) is 0 Å². The molecule has 0 radical (unpaired) electrons. The topological polar surface area (TPSA) is 94.9 Å². The largest absolute Gasteiger partial charge is 0.481 e. The van der Waals surface area contributed by atoms with Crippen molar-refractivity contribution in [3.05, 3.63) is 70.8 Å². The van der Waals surface area contributed by atoms with Crippen molar-refractivity contribution in [2.24, 2.45) is 5.92 Å². The van der Waals surface area contributed by atoms with Gasteiger partial charge in [-0.25, -0.2) is 4.79 Å². The average Bonchev–Trinajstić information content (AvgIpc) is 2.76. The standard InChI is InChI=1S/C14H17NO3.C8H8O2.C2H6/c1-10-2-4-11(5-3-10)13(16)15-8-6-12(7-9-15)14(17)18;1-6-2-4-7(5-3-6)8(9)10;1-2/h2-5,12H,6-9H2,1H3,(H,17,18);2-5H,1H3,(H,9,10);1-2H3. The summed E-state index contributed by atoms with van der Waals surface area (Å²) in [7, 11) is 0. The zero-order valence-electron chi connectivity index (χ0n) is 18.1. The minimum atomic E-state index is -0.875. The number of carbonyl (C=O) groups is 3. The number of hydrogen-bond acceptors (Lipinski definition) is 3. The minimum Gasteiger partial charge on any atom is -0.481 e. The van der Waals surface area contributed by atoms with E-state index in [0.29, 0.717) is 37.1 Å². The summed E-state index contributed by atoms with van der Waals surface area (Å²) in [6, 6.07) is 14.2. The Balaban J connectivity index is 0.000000318. The quantitative estimate of drug-likeness (QED) is 0.764. The van der Waals surface area contributed by atoms with Crippen LogP contribution in [0.15, 0.2) is 48.5 Å². The van der Waals surface area contributed by atoms with E-state index in [1.807, 2.05) is 52.0 Å². The molecule has 2 aromatic rings. The first-order chi connectivity index (χ1) is 14.3. The Morgan fingerprint density at radius 2 is 1.17 bits per heavy atom. The van der Waals surface area contributed by atoms with E-state index in [1.54, 1.807) is 29.2 Å². The molecule has 0 bridgehead atoms. The highest BCUT2D eigenvalue weighted by Crippen LogP contribution is 2.19. The van der Waals surface area contributed by atoms with Crippen LogP contribution in [0, 0.1) is 19.8 Å². The van der Waals surface area contributed by atoms with Gasteiger partial charge in [-0.15, -0.1) is 0 Å². The summed E-state index contributed by atoms with van der Waals surface area (Å²) in [4.78, 5) is 35.1. The number of benzene rings is 2. The Labute approximate surface area is 178 Å². The van der Waals surface area contributed by atoms with Crippen LogP contribution >= 0.6 is 0 Å². The number of amides is 1. The van der Waals surface area contributed by atoms with Gasteiger partial charge in [-0.2, -0.15) is 0 Å². The van der Waals surface area contributed by atoms with Crippen LogP contribution in [0.4, 0.5) is 0 Å². The number of carboxylic acid groups (broad SMARTS) is 2. The van der Waals surface area contributed by atoms with E-state index >= 15 is 0 Å². The van der Waals surface area contributed by atoms with Crippen molar-refractivity contribution in [1.29, 1.82) is 0 Å². The van der Waals surface area contributed by atoms with Gasteiger partial charge in [-0.1, -0.05) is 49.2 Å². The Hall–Kier alpha value is -3.15. The van der Waals surface area contributed by atoms with Crippen molar-refractivity contribution < 1.29 is 24.6 Å². The first-order valence-electron chi connectivity index (χ1n) is 10.2. The summed E-state index contributed by atoms with van der Waals surface area (Å²) in [5.74, 6) is -1.93. The Morgan fingerprint density at radius 3 is 1.53 bits per heavy atom. The van der Waals surface area contributed by atoms with E-state index in [4.69, 9.17) is 10.2 Å². The van der Waals surface area contributed by atoms with E-state index in [0.717, 1.165) is 11.1 Å². The molecule has 2 N–H and O–H groups in total. The molecule has 1 aliphatic rings. The van der Waals surface area contributed by atoms with Gasteiger partial charge in [0.05, 0.1) is 11.5 Å². The molecule has 1 heterocycles. The lowest BCUT2D eigenvalue weighted by molar-refractivity contribution is -0.143. The molecule has 6 nitrogen and oxygen atoms in total. The van der Waals surface area contributed by atoms with Crippen molar-refractivity contribution in [1.82, 2.24) is 4.90 Å². The number of hydrogen-bond donors (Lipinski definition) is 2. The Kier molecular flexibility index (Phi) is 10.3. The van der Waals surface area contributed by atoms with Gasteiger partial charge in [0.1, 0.15) is 0 Å². The number of nitrogens with zero attached hydrogens (tertiary/aromatic N) is 1.